The van der Waals surface area contributed by atoms with E-state index in [0.29, 0.717) is 0 Å². The zero-order chi connectivity index (χ0) is 23.3. The quantitative estimate of drug-likeness (QED) is 0.282. The fourth-order valence-corrected chi connectivity index (χ4v) is 4.02. The summed E-state index contributed by atoms with van der Waals surface area (Å²) in [7, 11) is 0. The summed E-state index contributed by atoms with van der Waals surface area (Å²) in [5.74, 6) is -0.922. The van der Waals surface area contributed by atoms with E-state index in [1.165, 1.54) is 24.3 Å². The predicted molar refractivity (Wildman–Crippen MR) is 119 cm³/mol. The molecule has 0 aliphatic rings. The molecule has 0 aliphatic carbocycles. The number of rotatable bonds is 7. The molecule has 3 nitrogen and oxygen atoms in total. The van der Waals surface area contributed by atoms with Crippen LogP contribution < -0.4 is 10.1 Å². The number of halogens is 5. The van der Waals surface area contributed by atoms with Gasteiger partial charge in [-0.1, -0.05) is 48.9 Å². The van der Waals surface area contributed by atoms with E-state index in [0.717, 1.165) is 28.3 Å². The lowest BCUT2D eigenvalue weighted by atomic mass is 10.0. The molecule has 0 unspecified atom stereocenters. The first-order valence-electron chi connectivity index (χ1n) is 9.52. The van der Waals surface area contributed by atoms with Crippen molar-refractivity contribution < 1.29 is 27.1 Å². The Morgan fingerprint density at radius 1 is 1.09 bits per heavy atom. The van der Waals surface area contributed by atoms with E-state index >= 15 is 0 Å². The van der Waals surface area contributed by atoms with Crippen LogP contribution >= 0.6 is 23.4 Å². The summed E-state index contributed by atoms with van der Waals surface area (Å²) < 4.78 is 56.9. The van der Waals surface area contributed by atoms with Crippen molar-refractivity contribution >= 4 is 35.0 Å². The van der Waals surface area contributed by atoms with Gasteiger partial charge in [0.05, 0.1) is 11.4 Å². The Balaban J connectivity index is 1.78. The third kappa shape index (κ3) is 6.40. The Kier molecular flexibility index (Phi) is 7.69. The first kappa shape index (κ1) is 23.9. The van der Waals surface area contributed by atoms with Crippen molar-refractivity contribution in [2.24, 2.45) is 0 Å². The van der Waals surface area contributed by atoms with Crippen LogP contribution in [0.5, 0.6) is 5.75 Å². The van der Waals surface area contributed by atoms with E-state index in [9.17, 15) is 22.4 Å². The number of thioether (sulfide) groups is 1. The highest BCUT2D eigenvalue weighted by Crippen LogP contribution is 2.40. The standard InChI is InChI=1S/C23H18ClF4NO2S/c1-2-32-16-9-7-14(8-10-16)11-21(30)29-15-12-18(24)22(19(25)13-15)17-5-3-4-6-20(17)31-23(26,27)28/h3-10,12-13H,2,11H2,1H3,(H,29,30). The van der Waals surface area contributed by atoms with Crippen LogP contribution in [0.25, 0.3) is 11.1 Å². The summed E-state index contributed by atoms with van der Waals surface area (Å²) in [4.78, 5) is 13.4. The SMILES string of the molecule is CCSc1ccc(CC(=O)Nc2cc(F)c(-c3ccccc3OC(F)(F)F)c(Cl)c2)cc1. The molecule has 0 atom stereocenters. The lowest BCUT2D eigenvalue weighted by Crippen LogP contribution is -2.17. The van der Waals surface area contributed by atoms with Crippen LogP contribution in [0.3, 0.4) is 0 Å². The molecule has 9 heteroatoms. The molecule has 168 valence electrons. The molecule has 1 N–H and O–H groups in total. The molecule has 0 spiro atoms. The third-order valence-corrected chi connectivity index (χ3v) is 5.50. The van der Waals surface area contributed by atoms with Crippen LogP contribution in [0.1, 0.15) is 12.5 Å². The molecule has 3 aromatic carbocycles. The van der Waals surface area contributed by atoms with Crippen molar-refractivity contribution in [1.82, 2.24) is 0 Å². The minimum Gasteiger partial charge on any atom is -0.405 e. The van der Waals surface area contributed by atoms with Gasteiger partial charge in [0.15, 0.2) is 0 Å². The molecule has 0 saturated carbocycles. The van der Waals surface area contributed by atoms with Crippen LogP contribution in [-0.4, -0.2) is 18.0 Å². The number of hydrogen-bond acceptors (Lipinski definition) is 3. The maximum absolute atomic E-state index is 14.8. The molecule has 0 aliphatic heterocycles. The Hall–Kier alpha value is -2.71. The third-order valence-electron chi connectivity index (χ3n) is 4.31. The maximum Gasteiger partial charge on any atom is 0.573 e. The van der Waals surface area contributed by atoms with Gasteiger partial charge in [-0.05, 0) is 41.6 Å². The molecule has 32 heavy (non-hydrogen) atoms. The Morgan fingerprint density at radius 2 is 1.78 bits per heavy atom. The maximum atomic E-state index is 14.8. The van der Waals surface area contributed by atoms with Crippen LogP contribution in [0.2, 0.25) is 5.02 Å². The number of alkyl halides is 3. The highest BCUT2D eigenvalue weighted by Gasteiger charge is 2.32. The zero-order valence-electron chi connectivity index (χ0n) is 16.8. The van der Waals surface area contributed by atoms with Gasteiger partial charge in [-0.15, -0.1) is 24.9 Å². The first-order chi connectivity index (χ1) is 15.2. The number of ether oxygens (including phenoxy) is 1. The van der Waals surface area contributed by atoms with Gasteiger partial charge in [-0.25, -0.2) is 4.39 Å². The van der Waals surface area contributed by atoms with Gasteiger partial charge in [0.25, 0.3) is 0 Å². The minimum atomic E-state index is -4.94. The van der Waals surface area contributed by atoms with Gasteiger partial charge >= 0.3 is 6.36 Å². The average Bonchev–Trinajstić information content (AvgIpc) is 2.69. The number of carbonyl (C=O) groups is 1. The highest BCUT2D eigenvalue weighted by molar-refractivity contribution is 7.99. The van der Waals surface area contributed by atoms with Crippen molar-refractivity contribution in [3.63, 3.8) is 0 Å². The van der Waals surface area contributed by atoms with E-state index < -0.39 is 17.9 Å². The minimum absolute atomic E-state index is 0.0698. The molecular formula is C23H18ClF4NO2S. The number of hydrogen-bond donors (Lipinski definition) is 1. The summed E-state index contributed by atoms with van der Waals surface area (Å²) in [6.45, 7) is 2.05. The molecule has 0 fully saturated rings. The first-order valence-corrected chi connectivity index (χ1v) is 10.9. The Bertz CT molecular complexity index is 1080. The predicted octanol–water partition coefficient (Wildman–Crippen LogP) is 7.34. The lowest BCUT2D eigenvalue weighted by Gasteiger charge is -2.15. The van der Waals surface area contributed by atoms with Crippen LogP contribution in [0, 0.1) is 5.82 Å². The summed E-state index contributed by atoms with van der Waals surface area (Å²) in [6, 6.07) is 14.9. The van der Waals surface area contributed by atoms with E-state index in [-0.39, 0.29) is 34.2 Å². The second kappa shape index (κ2) is 10.3. The molecule has 0 heterocycles. The van der Waals surface area contributed by atoms with Crippen molar-refractivity contribution in [2.75, 3.05) is 11.1 Å². The number of amides is 1. The van der Waals surface area contributed by atoms with E-state index in [1.807, 2.05) is 31.2 Å². The normalized spacial score (nSPS) is 11.3. The van der Waals surface area contributed by atoms with Crippen LogP contribution in [0.4, 0.5) is 23.2 Å². The van der Waals surface area contributed by atoms with Crippen molar-refractivity contribution in [1.29, 1.82) is 0 Å². The topological polar surface area (TPSA) is 38.3 Å². The Labute approximate surface area is 191 Å². The summed E-state index contributed by atoms with van der Waals surface area (Å²) >= 11 is 7.86. The molecule has 0 radical (unpaired) electrons. The van der Waals surface area contributed by atoms with Gasteiger partial charge in [0.1, 0.15) is 11.6 Å². The second-order valence-corrected chi connectivity index (χ2v) is 8.41. The number of benzene rings is 3. The molecular weight excluding hydrogens is 466 g/mol. The van der Waals surface area contributed by atoms with Gasteiger partial charge in [0.2, 0.25) is 5.91 Å². The molecule has 0 saturated heterocycles. The zero-order valence-corrected chi connectivity index (χ0v) is 18.4. The van der Waals surface area contributed by atoms with E-state index in [4.69, 9.17) is 11.6 Å². The lowest BCUT2D eigenvalue weighted by molar-refractivity contribution is -0.274. The number of anilines is 1. The van der Waals surface area contributed by atoms with Gasteiger partial charge in [-0.3, -0.25) is 4.79 Å². The van der Waals surface area contributed by atoms with Crippen LogP contribution in [0.15, 0.2) is 65.6 Å². The van der Waals surface area contributed by atoms with Crippen molar-refractivity contribution in [2.45, 2.75) is 24.6 Å². The highest BCUT2D eigenvalue weighted by atomic mass is 35.5. The molecule has 0 aromatic heterocycles. The molecule has 3 aromatic rings. The summed E-state index contributed by atoms with van der Waals surface area (Å²) in [5.41, 5.74) is 0.460. The Morgan fingerprint density at radius 3 is 2.41 bits per heavy atom. The number of para-hydroxylation sites is 1. The monoisotopic (exact) mass is 483 g/mol. The largest absolute Gasteiger partial charge is 0.573 e. The van der Waals surface area contributed by atoms with E-state index in [1.54, 1.807) is 11.8 Å². The summed E-state index contributed by atoms with van der Waals surface area (Å²) in [6.07, 6.45) is -4.87. The van der Waals surface area contributed by atoms with Gasteiger partial charge < -0.3 is 10.1 Å². The number of nitrogens with one attached hydrogen (secondary N) is 1. The molecule has 3 rings (SSSR count). The van der Waals surface area contributed by atoms with Gasteiger partial charge in [-0.2, -0.15) is 0 Å². The fourth-order valence-electron chi connectivity index (χ4n) is 3.05. The van der Waals surface area contributed by atoms with Crippen molar-refractivity contribution in [3.8, 4) is 16.9 Å². The van der Waals surface area contributed by atoms with Gasteiger partial charge in [0, 0.05) is 21.7 Å². The molecule has 0 bridgehead atoms. The average molecular weight is 484 g/mol. The van der Waals surface area contributed by atoms with Crippen molar-refractivity contribution in [3.05, 3.63) is 77.1 Å². The smallest absolute Gasteiger partial charge is 0.405 e. The summed E-state index contributed by atoms with van der Waals surface area (Å²) in [5, 5.41) is 2.40. The second-order valence-electron chi connectivity index (χ2n) is 6.66. The van der Waals surface area contributed by atoms with E-state index in [2.05, 4.69) is 10.1 Å². The number of carbonyl (C=O) groups excluding carboxylic acids is 1. The fraction of sp³-hybridized carbons (Fsp3) is 0.174. The molecule has 1 amide bonds. The van der Waals surface area contributed by atoms with Crippen LogP contribution in [-0.2, 0) is 11.2 Å².